The first-order valence-corrected chi connectivity index (χ1v) is 8.55. The van der Waals surface area contributed by atoms with Crippen LogP contribution in [0.4, 0.5) is 5.69 Å². The molecule has 1 fully saturated rings. The van der Waals surface area contributed by atoms with Crippen molar-refractivity contribution < 1.29 is 14.6 Å². The number of phenols is 1. The molecule has 1 aliphatic heterocycles. The van der Waals surface area contributed by atoms with Crippen LogP contribution in [0.15, 0.2) is 48.5 Å². The number of likely N-dealkylation sites (N-methyl/N-ethyl adjacent to an activating group) is 1. The van der Waals surface area contributed by atoms with Crippen LogP contribution in [-0.2, 0) is 11.3 Å². The lowest BCUT2D eigenvalue weighted by atomic mass is 10.1. The van der Waals surface area contributed by atoms with Crippen LogP contribution in [0.1, 0.15) is 15.9 Å². The molecule has 0 atom stereocenters. The molecule has 1 N–H and O–H groups in total. The zero-order valence-electron chi connectivity index (χ0n) is 14.5. The van der Waals surface area contributed by atoms with E-state index in [1.807, 2.05) is 48.3 Å². The predicted molar refractivity (Wildman–Crippen MR) is 98.2 cm³/mol. The van der Waals surface area contributed by atoms with Gasteiger partial charge in [-0.2, -0.15) is 0 Å². The lowest BCUT2D eigenvalue weighted by Gasteiger charge is -2.29. The molecule has 0 unspecified atom stereocenters. The highest BCUT2D eigenvalue weighted by Gasteiger charge is 2.17. The van der Waals surface area contributed by atoms with E-state index < -0.39 is 0 Å². The summed E-state index contributed by atoms with van der Waals surface area (Å²) in [5, 5.41) is 10.3. The predicted octanol–water partition coefficient (Wildman–Crippen LogP) is 2.54. The largest absolute Gasteiger partial charge is 0.507 e. The van der Waals surface area contributed by atoms with Gasteiger partial charge in [0.15, 0.2) is 5.78 Å². The lowest BCUT2D eigenvalue weighted by Crippen LogP contribution is -2.36. The van der Waals surface area contributed by atoms with Crippen LogP contribution < -0.4 is 4.90 Å². The van der Waals surface area contributed by atoms with Crippen LogP contribution >= 0.6 is 0 Å². The van der Waals surface area contributed by atoms with Gasteiger partial charge in [-0.15, -0.1) is 0 Å². The van der Waals surface area contributed by atoms with Gasteiger partial charge in [0, 0.05) is 31.4 Å². The summed E-state index contributed by atoms with van der Waals surface area (Å²) >= 11 is 0. The second-order valence-electron chi connectivity index (χ2n) is 6.38. The van der Waals surface area contributed by atoms with Gasteiger partial charge in [-0.3, -0.25) is 9.69 Å². The summed E-state index contributed by atoms with van der Waals surface area (Å²) in [4.78, 5) is 16.6. The van der Waals surface area contributed by atoms with Crippen molar-refractivity contribution in [3.63, 3.8) is 0 Å². The first kappa shape index (κ1) is 17.5. The third-order valence-corrected chi connectivity index (χ3v) is 4.37. The van der Waals surface area contributed by atoms with Crippen LogP contribution in [0.5, 0.6) is 5.75 Å². The van der Waals surface area contributed by atoms with Crippen LogP contribution in [0.3, 0.4) is 0 Å². The van der Waals surface area contributed by atoms with Crippen LogP contribution in [-0.4, -0.2) is 55.7 Å². The number of hydrogen-bond acceptors (Lipinski definition) is 5. The Bertz CT molecular complexity index is 712. The lowest BCUT2D eigenvalue weighted by molar-refractivity contribution is 0.0940. The molecule has 5 nitrogen and oxygen atoms in total. The first-order valence-electron chi connectivity index (χ1n) is 8.55. The second-order valence-corrected chi connectivity index (χ2v) is 6.38. The maximum Gasteiger partial charge on any atom is 0.180 e. The smallest absolute Gasteiger partial charge is 0.180 e. The van der Waals surface area contributed by atoms with Crippen molar-refractivity contribution in [2.45, 2.75) is 6.54 Å². The van der Waals surface area contributed by atoms with Crippen molar-refractivity contribution >= 4 is 11.5 Å². The Balaban J connectivity index is 1.63. The molecule has 0 radical (unpaired) electrons. The number of carbonyl (C=O) groups excluding carboxylic acids is 1. The molecule has 132 valence electrons. The highest BCUT2D eigenvalue weighted by molar-refractivity contribution is 6.00. The van der Waals surface area contributed by atoms with Gasteiger partial charge < -0.3 is 14.7 Å². The van der Waals surface area contributed by atoms with E-state index >= 15 is 0 Å². The number of ketones is 1. The van der Waals surface area contributed by atoms with E-state index in [1.54, 1.807) is 12.1 Å². The van der Waals surface area contributed by atoms with Gasteiger partial charge in [0.25, 0.3) is 0 Å². The summed E-state index contributed by atoms with van der Waals surface area (Å²) in [6.45, 7) is 3.93. The molecule has 5 heteroatoms. The Morgan fingerprint density at radius 1 is 1.16 bits per heavy atom. The number of aromatic hydroxyl groups is 1. The third-order valence-electron chi connectivity index (χ3n) is 4.37. The summed E-state index contributed by atoms with van der Waals surface area (Å²) in [7, 11) is 1.91. The molecule has 3 rings (SSSR count). The van der Waals surface area contributed by atoms with E-state index in [1.165, 1.54) is 0 Å². The van der Waals surface area contributed by atoms with E-state index in [-0.39, 0.29) is 18.1 Å². The molecule has 1 heterocycles. The van der Waals surface area contributed by atoms with Crippen molar-refractivity contribution in [1.82, 2.24) is 4.90 Å². The molecule has 1 saturated heterocycles. The standard InChI is InChI=1S/C20H24N2O3/c1-21(14-16-5-3-2-4-6-16)15-20(24)18-8-7-17(13-19(18)23)22-9-11-25-12-10-22/h2-8,13,23H,9-12,14-15H2,1H3. The zero-order valence-corrected chi connectivity index (χ0v) is 14.5. The number of rotatable bonds is 6. The maximum atomic E-state index is 12.5. The normalized spacial score (nSPS) is 14.7. The third kappa shape index (κ3) is 4.59. The molecule has 0 saturated carbocycles. The number of carbonyl (C=O) groups is 1. The molecule has 25 heavy (non-hydrogen) atoms. The van der Waals surface area contributed by atoms with Gasteiger partial charge in [-0.25, -0.2) is 0 Å². The van der Waals surface area contributed by atoms with E-state index in [0.29, 0.717) is 25.3 Å². The van der Waals surface area contributed by atoms with Crippen LogP contribution in [0, 0.1) is 0 Å². The van der Waals surface area contributed by atoms with Crippen molar-refractivity contribution in [3.05, 3.63) is 59.7 Å². The van der Waals surface area contributed by atoms with Crippen LogP contribution in [0.2, 0.25) is 0 Å². The minimum absolute atomic E-state index is 0.0436. The van der Waals surface area contributed by atoms with Crippen molar-refractivity contribution in [1.29, 1.82) is 0 Å². The van der Waals surface area contributed by atoms with Crippen molar-refractivity contribution in [2.75, 3.05) is 44.8 Å². The molecule has 2 aromatic rings. The van der Waals surface area contributed by atoms with Crippen molar-refractivity contribution in [3.8, 4) is 5.75 Å². The molecule has 0 aromatic heterocycles. The fourth-order valence-corrected chi connectivity index (χ4v) is 3.06. The summed E-state index contributed by atoms with van der Waals surface area (Å²) in [5.74, 6) is -0.0356. The summed E-state index contributed by atoms with van der Waals surface area (Å²) in [6.07, 6.45) is 0. The van der Waals surface area contributed by atoms with Gasteiger partial charge in [0.1, 0.15) is 5.75 Å². The molecule has 1 aliphatic rings. The Labute approximate surface area is 148 Å². The Hall–Kier alpha value is -2.37. The topological polar surface area (TPSA) is 53.0 Å². The van der Waals surface area contributed by atoms with Gasteiger partial charge in [0.2, 0.25) is 0 Å². The molecule has 0 bridgehead atoms. The minimum Gasteiger partial charge on any atom is -0.507 e. The number of benzene rings is 2. The number of Topliss-reactive ketones (excluding diaryl/α,β-unsaturated/α-hetero) is 1. The first-order chi connectivity index (χ1) is 12.1. The van der Waals surface area contributed by atoms with Crippen LogP contribution in [0.25, 0.3) is 0 Å². The highest BCUT2D eigenvalue weighted by atomic mass is 16.5. The van der Waals surface area contributed by atoms with E-state index in [0.717, 1.165) is 24.3 Å². The van der Waals surface area contributed by atoms with Gasteiger partial charge in [-0.1, -0.05) is 30.3 Å². The number of ether oxygens (including phenoxy) is 1. The van der Waals surface area contributed by atoms with Gasteiger partial charge >= 0.3 is 0 Å². The number of anilines is 1. The Kier molecular flexibility index (Phi) is 5.68. The van der Waals surface area contributed by atoms with Gasteiger partial charge in [0.05, 0.1) is 25.3 Å². The van der Waals surface area contributed by atoms with Gasteiger partial charge in [-0.05, 0) is 24.7 Å². The van der Waals surface area contributed by atoms with E-state index in [4.69, 9.17) is 4.74 Å². The Morgan fingerprint density at radius 2 is 1.88 bits per heavy atom. The van der Waals surface area contributed by atoms with E-state index in [9.17, 15) is 9.90 Å². The molecule has 0 amide bonds. The number of hydrogen-bond donors (Lipinski definition) is 1. The molecular weight excluding hydrogens is 316 g/mol. The summed E-state index contributed by atoms with van der Waals surface area (Å²) in [5.41, 5.74) is 2.46. The molecular formula is C20H24N2O3. The van der Waals surface area contributed by atoms with Crippen molar-refractivity contribution in [2.24, 2.45) is 0 Å². The number of nitrogens with zero attached hydrogens (tertiary/aromatic N) is 2. The Morgan fingerprint density at radius 3 is 2.56 bits per heavy atom. The fourth-order valence-electron chi connectivity index (χ4n) is 3.06. The maximum absolute atomic E-state index is 12.5. The monoisotopic (exact) mass is 340 g/mol. The average Bonchev–Trinajstić information content (AvgIpc) is 2.63. The summed E-state index contributed by atoms with van der Waals surface area (Å²) in [6, 6.07) is 15.3. The quantitative estimate of drug-likeness (QED) is 0.819. The molecule has 2 aromatic carbocycles. The fraction of sp³-hybridized carbons (Fsp3) is 0.350. The SMILES string of the molecule is CN(CC(=O)c1ccc(N2CCOCC2)cc1O)Cc1ccccc1. The zero-order chi connectivity index (χ0) is 17.6. The summed E-state index contributed by atoms with van der Waals surface area (Å²) < 4.78 is 5.34. The number of morpholine rings is 1. The van der Waals surface area contributed by atoms with E-state index in [2.05, 4.69) is 4.90 Å². The second kappa shape index (κ2) is 8.14. The highest BCUT2D eigenvalue weighted by Crippen LogP contribution is 2.26. The molecule has 0 spiro atoms. The minimum atomic E-state index is -0.0792. The average molecular weight is 340 g/mol. The number of phenolic OH excluding ortho intramolecular Hbond substituents is 1. The molecule has 0 aliphatic carbocycles.